The van der Waals surface area contributed by atoms with E-state index in [9.17, 15) is 14.7 Å². The Hall–Kier alpha value is -3.26. The molecule has 0 aliphatic carbocycles. The van der Waals surface area contributed by atoms with E-state index in [1.165, 1.54) is 19.3 Å². The topological polar surface area (TPSA) is 94.1 Å². The number of methoxy groups -OCH3 is 1. The number of hydrogen-bond donors (Lipinski definition) is 2. The van der Waals surface area contributed by atoms with E-state index in [4.69, 9.17) is 14.2 Å². The van der Waals surface area contributed by atoms with Gasteiger partial charge in [-0.05, 0) is 58.8 Å². The second kappa shape index (κ2) is 8.83. The zero-order valence-corrected chi connectivity index (χ0v) is 17.3. The Morgan fingerprint density at radius 1 is 1.28 bits per heavy atom. The number of phenolic OH excluding ortho intramolecular Hbond substituents is 1. The first-order chi connectivity index (χ1) is 13.9. The maximum Gasteiger partial charge on any atom is 0.347 e. The van der Waals surface area contributed by atoms with Crippen molar-refractivity contribution in [3.05, 3.63) is 69.7 Å². The van der Waals surface area contributed by atoms with Crippen molar-refractivity contribution in [2.75, 3.05) is 19.0 Å². The molecule has 2 aromatic rings. The Balaban J connectivity index is 1.98. The Morgan fingerprint density at radius 3 is 2.66 bits per heavy atom. The number of carbonyl (C=O) groups is 2. The molecule has 2 aromatic carbocycles. The Morgan fingerprint density at radius 2 is 2.00 bits per heavy atom. The summed E-state index contributed by atoms with van der Waals surface area (Å²) in [6, 6.07) is 12.1. The SMILES string of the molecule is CCOC(=O)C1=C(Nc2ccccc2)O/C(=C\c2cc(Br)c(O)c(OC)c2)C1=O. The van der Waals surface area contributed by atoms with Crippen LogP contribution >= 0.6 is 15.9 Å². The summed E-state index contributed by atoms with van der Waals surface area (Å²) in [5, 5.41) is 12.9. The fourth-order valence-electron chi connectivity index (χ4n) is 2.64. The molecule has 0 fully saturated rings. The van der Waals surface area contributed by atoms with E-state index in [2.05, 4.69) is 21.2 Å². The molecule has 0 bridgehead atoms. The van der Waals surface area contributed by atoms with E-state index < -0.39 is 11.8 Å². The van der Waals surface area contributed by atoms with Gasteiger partial charge in [-0.2, -0.15) is 0 Å². The van der Waals surface area contributed by atoms with Crippen LogP contribution in [0.1, 0.15) is 12.5 Å². The monoisotopic (exact) mass is 459 g/mol. The van der Waals surface area contributed by atoms with Gasteiger partial charge in [0, 0.05) is 5.69 Å². The molecule has 0 saturated heterocycles. The van der Waals surface area contributed by atoms with Gasteiger partial charge in [-0.1, -0.05) is 18.2 Å². The van der Waals surface area contributed by atoms with Crippen LogP contribution in [0.3, 0.4) is 0 Å². The van der Waals surface area contributed by atoms with Crippen molar-refractivity contribution in [3.8, 4) is 11.5 Å². The second-order valence-electron chi connectivity index (χ2n) is 5.91. The number of benzene rings is 2. The third-order valence-electron chi connectivity index (χ3n) is 3.97. The minimum absolute atomic E-state index is 0.00397. The first-order valence-electron chi connectivity index (χ1n) is 8.68. The van der Waals surface area contributed by atoms with Crippen LogP contribution in [0.5, 0.6) is 11.5 Å². The van der Waals surface area contributed by atoms with Crippen LogP contribution in [0, 0.1) is 0 Å². The minimum Gasteiger partial charge on any atom is -0.503 e. The van der Waals surface area contributed by atoms with Gasteiger partial charge in [-0.25, -0.2) is 4.79 Å². The third-order valence-corrected chi connectivity index (χ3v) is 4.57. The maximum absolute atomic E-state index is 12.8. The fraction of sp³-hybridized carbons (Fsp3) is 0.143. The lowest BCUT2D eigenvalue weighted by atomic mass is 10.1. The first kappa shape index (κ1) is 20.5. The number of carbonyl (C=O) groups excluding carboxylic acids is 2. The van der Waals surface area contributed by atoms with Crippen LogP contribution < -0.4 is 10.1 Å². The first-order valence-corrected chi connectivity index (χ1v) is 9.48. The molecule has 1 aliphatic rings. The maximum atomic E-state index is 12.8. The number of phenols is 1. The molecule has 0 saturated carbocycles. The number of aromatic hydroxyl groups is 1. The second-order valence-corrected chi connectivity index (χ2v) is 6.76. The van der Waals surface area contributed by atoms with Gasteiger partial charge in [-0.3, -0.25) is 4.79 Å². The van der Waals surface area contributed by atoms with Crippen molar-refractivity contribution >= 4 is 39.4 Å². The predicted molar refractivity (Wildman–Crippen MR) is 110 cm³/mol. The molecule has 0 radical (unpaired) electrons. The van der Waals surface area contributed by atoms with Gasteiger partial charge in [0.2, 0.25) is 11.7 Å². The van der Waals surface area contributed by atoms with Gasteiger partial charge in [0.15, 0.2) is 22.8 Å². The van der Waals surface area contributed by atoms with Gasteiger partial charge >= 0.3 is 5.97 Å². The molecule has 150 valence electrons. The van der Waals surface area contributed by atoms with Crippen LogP contribution in [0.2, 0.25) is 0 Å². The standard InChI is InChI=1S/C21H18BrNO6/c1-3-28-21(26)17-19(25)16(29-20(17)23-13-7-5-4-6-8-13)11-12-9-14(22)18(24)15(10-12)27-2/h4-11,23-24H,3H2,1-2H3/b16-11-. The highest BCUT2D eigenvalue weighted by molar-refractivity contribution is 9.10. The average Bonchev–Trinajstić information content (AvgIpc) is 3.00. The Bertz CT molecular complexity index is 1010. The summed E-state index contributed by atoms with van der Waals surface area (Å²) in [5.74, 6) is -1.29. The molecule has 8 heteroatoms. The molecular formula is C21H18BrNO6. The summed E-state index contributed by atoms with van der Waals surface area (Å²) < 4.78 is 16.2. The quantitative estimate of drug-likeness (QED) is 0.383. The number of nitrogens with one attached hydrogen (secondary N) is 1. The Kier molecular flexibility index (Phi) is 6.23. The lowest BCUT2D eigenvalue weighted by Crippen LogP contribution is -2.16. The Labute approximate surface area is 175 Å². The lowest BCUT2D eigenvalue weighted by molar-refractivity contribution is -0.139. The molecule has 29 heavy (non-hydrogen) atoms. The lowest BCUT2D eigenvalue weighted by Gasteiger charge is -2.09. The molecular weight excluding hydrogens is 442 g/mol. The highest BCUT2D eigenvalue weighted by atomic mass is 79.9. The molecule has 0 spiro atoms. The van der Waals surface area contributed by atoms with Gasteiger partial charge in [0.1, 0.15) is 0 Å². The number of hydrogen-bond acceptors (Lipinski definition) is 7. The van der Waals surface area contributed by atoms with E-state index in [0.29, 0.717) is 15.7 Å². The van der Waals surface area contributed by atoms with Crippen LogP contribution in [0.4, 0.5) is 5.69 Å². The molecule has 0 atom stereocenters. The van der Waals surface area contributed by atoms with Gasteiger partial charge < -0.3 is 24.6 Å². The molecule has 0 unspecified atom stereocenters. The number of Topliss-reactive ketones (excluding diaryl/α,β-unsaturated/α-hetero) is 1. The van der Waals surface area contributed by atoms with Crippen molar-refractivity contribution in [2.24, 2.45) is 0 Å². The highest BCUT2D eigenvalue weighted by Crippen LogP contribution is 2.37. The number of halogens is 1. The van der Waals surface area contributed by atoms with Crippen LogP contribution in [-0.4, -0.2) is 30.6 Å². The van der Waals surface area contributed by atoms with E-state index in [1.807, 2.05) is 6.07 Å². The van der Waals surface area contributed by atoms with Crippen molar-refractivity contribution < 1.29 is 28.9 Å². The number of para-hydroxylation sites is 1. The van der Waals surface area contributed by atoms with E-state index >= 15 is 0 Å². The summed E-state index contributed by atoms with van der Waals surface area (Å²) in [5.41, 5.74) is 0.957. The van der Waals surface area contributed by atoms with Crippen LogP contribution in [0.15, 0.2) is 64.2 Å². The number of ketones is 1. The normalized spacial score (nSPS) is 14.7. The zero-order chi connectivity index (χ0) is 21.0. The van der Waals surface area contributed by atoms with Crippen molar-refractivity contribution in [1.82, 2.24) is 0 Å². The van der Waals surface area contributed by atoms with E-state index in [0.717, 1.165) is 0 Å². The number of ether oxygens (including phenoxy) is 3. The summed E-state index contributed by atoms with van der Waals surface area (Å²) in [4.78, 5) is 25.2. The zero-order valence-electron chi connectivity index (χ0n) is 15.7. The largest absolute Gasteiger partial charge is 0.503 e. The van der Waals surface area contributed by atoms with Gasteiger partial charge in [0.25, 0.3) is 0 Å². The van der Waals surface area contributed by atoms with Crippen molar-refractivity contribution in [1.29, 1.82) is 0 Å². The van der Waals surface area contributed by atoms with Gasteiger partial charge in [-0.15, -0.1) is 0 Å². The number of rotatable bonds is 6. The summed E-state index contributed by atoms with van der Waals surface area (Å²) in [6.07, 6.45) is 1.45. The number of esters is 1. The number of anilines is 1. The van der Waals surface area contributed by atoms with E-state index in [1.54, 1.807) is 37.3 Å². The molecule has 7 nitrogen and oxygen atoms in total. The summed E-state index contributed by atoms with van der Waals surface area (Å²) in [7, 11) is 1.41. The molecule has 0 amide bonds. The number of allylic oxidation sites excluding steroid dienone is 1. The van der Waals surface area contributed by atoms with Gasteiger partial charge in [0.05, 0.1) is 18.2 Å². The molecule has 1 heterocycles. The van der Waals surface area contributed by atoms with Crippen molar-refractivity contribution in [2.45, 2.75) is 6.92 Å². The summed E-state index contributed by atoms with van der Waals surface area (Å²) >= 11 is 3.23. The molecule has 2 N–H and O–H groups in total. The average molecular weight is 460 g/mol. The van der Waals surface area contributed by atoms with E-state index in [-0.39, 0.29) is 35.3 Å². The smallest absolute Gasteiger partial charge is 0.347 e. The minimum atomic E-state index is -0.774. The predicted octanol–water partition coefficient (Wildman–Crippen LogP) is 3.99. The fourth-order valence-corrected chi connectivity index (χ4v) is 3.10. The summed E-state index contributed by atoms with van der Waals surface area (Å²) in [6.45, 7) is 1.77. The van der Waals surface area contributed by atoms with Crippen molar-refractivity contribution in [3.63, 3.8) is 0 Å². The van der Waals surface area contributed by atoms with Crippen LogP contribution in [0.25, 0.3) is 6.08 Å². The van der Waals surface area contributed by atoms with Crippen LogP contribution in [-0.2, 0) is 19.1 Å². The third kappa shape index (κ3) is 4.43. The highest BCUT2D eigenvalue weighted by Gasteiger charge is 2.37. The molecule has 0 aromatic heterocycles. The molecule has 1 aliphatic heterocycles. The molecule has 3 rings (SSSR count).